The predicted molar refractivity (Wildman–Crippen MR) is 91.9 cm³/mol. The molecule has 1 saturated carbocycles. The van der Waals surface area contributed by atoms with Crippen LogP contribution in [0.3, 0.4) is 0 Å². The molecule has 0 spiro atoms. The van der Waals surface area contributed by atoms with E-state index in [1.54, 1.807) is 11.6 Å². The number of benzene rings is 1. The Kier molecular flexibility index (Phi) is 2.92. The van der Waals surface area contributed by atoms with Gasteiger partial charge in [0.05, 0.1) is 11.2 Å². The normalized spacial score (nSPS) is 36.1. The summed E-state index contributed by atoms with van der Waals surface area (Å²) in [6.45, 7) is 8.72. The average Bonchev–Trinajstić information content (AvgIpc) is 2.80. The topological polar surface area (TPSA) is 40.5 Å². The molecule has 1 aliphatic heterocycles. The van der Waals surface area contributed by atoms with Gasteiger partial charge in [-0.25, -0.2) is 0 Å². The molecular weight excluding hydrogens is 289 g/mol. The SMILES string of the molecule is CC1[C@H](C)C2(C)OB(c3cn(C)c(=O)c4ccccc34)OC12C. The first-order valence-corrected chi connectivity index (χ1v) is 8.23. The number of hydrogen-bond acceptors (Lipinski definition) is 3. The molecule has 120 valence electrons. The fourth-order valence-corrected chi connectivity index (χ4v) is 4.44. The molecule has 0 amide bonds. The van der Waals surface area contributed by atoms with Crippen molar-refractivity contribution in [2.75, 3.05) is 0 Å². The molecule has 1 saturated heterocycles. The van der Waals surface area contributed by atoms with E-state index in [-0.39, 0.29) is 16.8 Å². The molecule has 4 rings (SSSR count). The van der Waals surface area contributed by atoms with Crippen molar-refractivity contribution in [2.24, 2.45) is 18.9 Å². The van der Waals surface area contributed by atoms with E-state index in [1.165, 1.54) is 0 Å². The van der Waals surface area contributed by atoms with Crippen LogP contribution in [0, 0.1) is 11.8 Å². The van der Waals surface area contributed by atoms with E-state index in [9.17, 15) is 4.79 Å². The van der Waals surface area contributed by atoms with Gasteiger partial charge in [0.15, 0.2) is 0 Å². The number of fused-ring (bicyclic) bond motifs is 2. The van der Waals surface area contributed by atoms with E-state index in [2.05, 4.69) is 27.7 Å². The second kappa shape index (κ2) is 4.49. The van der Waals surface area contributed by atoms with Gasteiger partial charge in [-0.15, -0.1) is 0 Å². The summed E-state index contributed by atoms with van der Waals surface area (Å²) in [5, 5.41) is 1.62. The van der Waals surface area contributed by atoms with Crippen molar-refractivity contribution in [2.45, 2.75) is 38.9 Å². The molecule has 4 nitrogen and oxygen atoms in total. The molecule has 2 aliphatic rings. The zero-order chi connectivity index (χ0) is 16.6. The number of rotatable bonds is 1. The van der Waals surface area contributed by atoms with Gasteiger partial charge in [0, 0.05) is 24.1 Å². The molecule has 0 bridgehead atoms. The van der Waals surface area contributed by atoms with Crippen LogP contribution < -0.4 is 11.0 Å². The molecule has 2 aromatic rings. The van der Waals surface area contributed by atoms with Gasteiger partial charge in [-0.05, 0) is 37.1 Å². The van der Waals surface area contributed by atoms with Crippen LogP contribution in [0.25, 0.3) is 10.8 Å². The van der Waals surface area contributed by atoms with Crippen LogP contribution in [0.15, 0.2) is 35.3 Å². The number of hydrogen-bond donors (Lipinski definition) is 0. The van der Waals surface area contributed by atoms with Crippen LogP contribution in [0.2, 0.25) is 0 Å². The number of nitrogens with zero attached hydrogens (tertiary/aromatic N) is 1. The Bertz CT molecular complexity index is 841. The fourth-order valence-electron chi connectivity index (χ4n) is 4.44. The van der Waals surface area contributed by atoms with Gasteiger partial charge in [0.25, 0.3) is 5.56 Å². The zero-order valence-corrected chi connectivity index (χ0v) is 14.3. The molecule has 2 fully saturated rings. The van der Waals surface area contributed by atoms with E-state index in [0.29, 0.717) is 17.2 Å². The molecule has 0 radical (unpaired) electrons. The second-order valence-electron chi connectivity index (χ2n) is 7.41. The Balaban J connectivity index is 1.86. The molecule has 4 atom stereocenters. The van der Waals surface area contributed by atoms with Crippen LogP contribution in [0.4, 0.5) is 0 Å². The van der Waals surface area contributed by atoms with Crippen molar-refractivity contribution in [3.63, 3.8) is 0 Å². The summed E-state index contributed by atoms with van der Waals surface area (Å²) >= 11 is 0. The molecule has 1 aromatic carbocycles. The highest BCUT2D eigenvalue weighted by Crippen LogP contribution is 2.59. The Hall–Kier alpha value is -1.59. The average molecular weight is 311 g/mol. The molecule has 3 unspecified atom stereocenters. The van der Waals surface area contributed by atoms with Crippen LogP contribution in [-0.4, -0.2) is 22.9 Å². The lowest BCUT2D eigenvalue weighted by Crippen LogP contribution is -2.69. The third kappa shape index (κ3) is 1.67. The maximum Gasteiger partial charge on any atom is 0.497 e. The minimum Gasteiger partial charge on any atom is -0.399 e. The molecule has 2 heterocycles. The Morgan fingerprint density at radius 1 is 1.04 bits per heavy atom. The summed E-state index contributed by atoms with van der Waals surface area (Å²) in [5.41, 5.74) is 0.364. The second-order valence-corrected chi connectivity index (χ2v) is 7.41. The maximum absolute atomic E-state index is 12.3. The van der Waals surface area contributed by atoms with Gasteiger partial charge < -0.3 is 13.9 Å². The largest absolute Gasteiger partial charge is 0.497 e. The third-order valence-electron chi connectivity index (χ3n) is 6.55. The van der Waals surface area contributed by atoms with E-state index in [1.807, 2.05) is 30.5 Å². The van der Waals surface area contributed by atoms with Gasteiger partial charge in [-0.1, -0.05) is 32.0 Å². The van der Waals surface area contributed by atoms with Gasteiger partial charge in [0.1, 0.15) is 0 Å². The number of aryl methyl sites for hydroxylation is 1. The summed E-state index contributed by atoms with van der Waals surface area (Å²) in [6.07, 6.45) is 1.85. The predicted octanol–water partition coefficient (Wildman–Crippen LogP) is 2.08. The quantitative estimate of drug-likeness (QED) is 0.757. The molecule has 1 aliphatic carbocycles. The highest BCUT2D eigenvalue weighted by molar-refractivity contribution is 6.65. The summed E-state index contributed by atoms with van der Waals surface area (Å²) in [7, 11) is 1.34. The highest BCUT2D eigenvalue weighted by atomic mass is 16.7. The van der Waals surface area contributed by atoms with Crippen LogP contribution in [-0.2, 0) is 16.4 Å². The summed E-state index contributed by atoms with van der Waals surface area (Å²) in [4.78, 5) is 12.3. The molecule has 5 heteroatoms. The first kappa shape index (κ1) is 15.0. The molecule has 23 heavy (non-hydrogen) atoms. The number of aromatic nitrogens is 1. The molecule has 0 N–H and O–H groups in total. The number of pyridine rings is 1. The van der Waals surface area contributed by atoms with Crippen LogP contribution in [0.1, 0.15) is 27.7 Å². The Labute approximate surface area is 136 Å². The van der Waals surface area contributed by atoms with Crippen molar-refractivity contribution >= 4 is 23.4 Å². The van der Waals surface area contributed by atoms with Crippen molar-refractivity contribution in [1.29, 1.82) is 0 Å². The zero-order valence-electron chi connectivity index (χ0n) is 14.3. The third-order valence-corrected chi connectivity index (χ3v) is 6.55. The fraction of sp³-hybridized carbons (Fsp3) is 0.500. The summed E-state index contributed by atoms with van der Waals surface area (Å²) < 4.78 is 14.4. The molecule has 1 aromatic heterocycles. The van der Waals surface area contributed by atoms with E-state index >= 15 is 0 Å². The van der Waals surface area contributed by atoms with Gasteiger partial charge in [0.2, 0.25) is 0 Å². The van der Waals surface area contributed by atoms with Crippen molar-refractivity contribution in [3.8, 4) is 0 Å². The van der Waals surface area contributed by atoms with Crippen LogP contribution in [0.5, 0.6) is 0 Å². The minimum atomic E-state index is -0.436. The van der Waals surface area contributed by atoms with Gasteiger partial charge in [-0.3, -0.25) is 4.79 Å². The maximum atomic E-state index is 12.3. The van der Waals surface area contributed by atoms with E-state index in [4.69, 9.17) is 9.31 Å². The smallest absolute Gasteiger partial charge is 0.399 e. The van der Waals surface area contributed by atoms with Crippen molar-refractivity contribution < 1.29 is 9.31 Å². The highest BCUT2D eigenvalue weighted by Gasteiger charge is 2.71. The first-order valence-electron chi connectivity index (χ1n) is 8.23. The van der Waals surface area contributed by atoms with E-state index in [0.717, 1.165) is 10.8 Å². The van der Waals surface area contributed by atoms with Crippen molar-refractivity contribution in [1.82, 2.24) is 4.57 Å². The van der Waals surface area contributed by atoms with Crippen molar-refractivity contribution in [3.05, 3.63) is 40.8 Å². The summed E-state index contributed by atoms with van der Waals surface area (Å²) in [5.74, 6) is 0.882. The standard InChI is InChI=1S/C18H22BNO3/c1-11-12(2)18(4)17(11,3)22-19(23-18)15-10-20(5)16(21)14-9-7-6-8-13(14)15/h6-12H,1-5H3/t11-,12?,17?,18?/m0/s1. The monoisotopic (exact) mass is 311 g/mol. The lowest BCUT2D eigenvalue weighted by molar-refractivity contribution is -0.202. The Morgan fingerprint density at radius 3 is 2.13 bits per heavy atom. The first-order chi connectivity index (χ1) is 10.8. The molecular formula is C18H22BNO3. The minimum absolute atomic E-state index is 0.00415. The Morgan fingerprint density at radius 2 is 1.57 bits per heavy atom. The lowest BCUT2D eigenvalue weighted by atomic mass is 9.53. The van der Waals surface area contributed by atoms with Gasteiger partial charge in [-0.2, -0.15) is 0 Å². The van der Waals surface area contributed by atoms with E-state index < -0.39 is 7.12 Å². The summed E-state index contributed by atoms with van der Waals surface area (Å²) in [6, 6.07) is 7.67. The van der Waals surface area contributed by atoms with Crippen LogP contribution >= 0.6 is 0 Å². The van der Waals surface area contributed by atoms with Gasteiger partial charge >= 0.3 is 7.12 Å². The lowest BCUT2D eigenvalue weighted by Gasteiger charge is -2.60.